The van der Waals surface area contributed by atoms with Gasteiger partial charge in [-0.25, -0.2) is 4.52 Å². The van der Waals surface area contributed by atoms with Crippen molar-refractivity contribution in [2.24, 2.45) is 0 Å². The quantitative estimate of drug-likeness (QED) is 0.331. The second kappa shape index (κ2) is 8.36. The minimum atomic E-state index is 0.541. The molecule has 0 unspecified atom stereocenters. The molecule has 0 aliphatic carbocycles. The molecule has 0 N–H and O–H groups in total. The fourth-order valence-corrected chi connectivity index (χ4v) is 4.51. The summed E-state index contributed by atoms with van der Waals surface area (Å²) in [7, 11) is 4.77. The van der Waals surface area contributed by atoms with Crippen molar-refractivity contribution >= 4 is 16.3 Å². The van der Waals surface area contributed by atoms with Crippen LogP contribution in [0.2, 0.25) is 0 Å². The molecular formula is C25H21N3O3S. The van der Waals surface area contributed by atoms with E-state index in [4.69, 9.17) is 24.3 Å². The Hall–Kier alpha value is -3.84. The Kier molecular flexibility index (Phi) is 5.25. The number of aromatic nitrogens is 3. The van der Waals surface area contributed by atoms with Gasteiger partial charge in [0, 0.05) is 16.5 Å². The van der Waals surface area contributed by atoms with Gasteiger partial charge in [0.25, 0.3) is 0 Å². The van der Waals surface area contributed by atoms with Gasteiger partial charge in [-0.15, -0.1) is 16.4 Å². The number of rotatable bonds is 6. The molecule has 5 rings (SSSR count). The lowest BCUT2D eigenvalue weighted by Gasteiger charge is -2.12. The number of benzene rings is 3. The molecule has 0 amide bonds. The summed E-state index contributed by atoms with van der Waals surface area (Å²) in [4.78, 5) is 5.53. The molecule has 0 fully saturated rings. The third-order valence-electron chi connectivity index (χ3n) is 5.29. The van der Waals surface area contributed by atoms with E-state index in [1.54, 1.807) is 32.7 Å². The number of thiazole rings is 1. The molecular weight excluding hydrogens is 422 g/mol. The number of nitrogens with zero attached hydrogens (tertiary/aromatic N) is 3. The average molecular weight is 444 g/mol. The lowest BCUT2D eigenvalue weighted by atomic mass is 10.0. The lowest BCUT2D eigenvalue weighted by molar-refractivity contribution is 0.324. The summed E-state index contributed by atoms with van der Waals surface area (Å²) in [6, 6.07) is 22.5. The van der Waals surface area contributed by atoms with Crippen LogP contribution in [0.5, 0.6) is 17.2 Å². The molecule has 0 spiro atoms. The van der Waals surface area contributed by atoms with Crippen molar-refractivity contribution in [3.63, 3.8) is 0 Å². The Balaban J connectivity index is 1.53. The lowest BCUT2D eigenvalue weighted by Crippen LogP contribution is -1.96. The van der Waals surface area contributed by atoms with Crippen LogP contribution in [0, 0.1) is 0 Å². The van der Waals surface area contributed by atoms with Crippen LogP contribution in [0.1, 0.15) is 0 Å². The molecule has 160 valence electrons. The molecule has 0 saturated carbocycles. The van der Waals surface area contributed by atoms with Crippen LogP contribution in [0.4, 0.5) is 0 Å². The summed E-state index contributed by atoms with van der Waals surface area (Å²) < 4.78 is 18.2. The predicted octanol–water partition coefficient (Wildman–Crippen LogP) is 5.82. The van der Waals surface area contributed by atoms with Crippen molar-refractivity contribution in [3.8, 4) is 51.0 Å². The molecule has 5 aromatic rings. The van der Waals surface area contributed by atoms with Gasteiger partial charge in [0.1, 0.15) is 0 Å². The molecule has 6 nitrogen and oxygen atoms in total. The Bertz CT molecular complexity index is 1350. The number of fused-ring (bicyclic) bond motifs is 1. The summed E-state index contributed by atoms with van der Waals surface area (Å²) >= 11 is 1.55. The van der Waals surface area contributed by atoms with Crippen molar-refractivity contribution in [2.45, 2.75) is 0 Å². The van der Waals surface area contributed by atoms with Gasteiger partial charge in [0.15, 0.2) is 17.3 Å². The monoisotopic (exact) mass is 443 g/mol. The third-order valence-corrected chi connectivity index (χ3v) is 6.11. The fraction of sp³-hybridized carbons (Fsp3) is 0.120. The summed E-state index contributed by atoms with van der Waals surface area (Å²) in [5, 5.41) is 6.85. The highest BCUT2D eigenvalue weighted by atomic mass is 32.1. The van der Waals surface area contributed by atoms with Crippen LogP contribution < -0.4 is 14.2 Å². The van der Waals surface area contributed by atoms with Crippen molar-refractivity contribution in [1.82, 2.24) is 14.6 Å². The van der Waals surface area contributed by atoms with E-state index >= 15 is 0 Å². The van der Waals surface area contributed by atoms with Crippen molar-refractivity contribution in [1.29, 1.82) is 0 Å². The van der Waals surface area contributed by atoms with Crippen LogP contribution in [0.25, 0.3) is 38.7 Å². The molecule has 0 aliphatic rings. The van der Waals surface area contributed by atoms with E-state index in [1.807, 2.05) is 34.8 Å². The van der Waals surface area contributed by atoms with E-state index in [1.165, 1.54) is 11.1 Å². The molecule has 7 heteroatoms. The first-order chi connectivity index (χ1) is 15.7. The molecule has 0 aliphatic heterocycles. The molecule has 3 aromatic carbocycles. The van der Waals surface area contributed by atoms with E-state index in [9.17, 15) is 0 Å². The third kappa shape index (κ3) is 3.46. The fourth-order valence-electron chi connectivity index (χ4n) is 3.68. The number of ether oxygens (including phenoxy) is 3. The van der Waals surface area contributed by atoms with Gasteiger partial charge in [-0.05, 0) is 23.3 Å². The summed E-state index contributed by atoms with van der Waals surface area (Å²) in [5.74, 6) is 2.27. The van der Waals surface area contributed by atoms with Gasteiger partial charge >= 0.3 is 0 Å². The zero-order valence-corrected chi connectivity index (χ0v) is 18.7. The van der Waals surface area contributed by atoms with Gasteiger partial charge in [0.2, 0.25) is 10.7 Å². The maximum atomic E-state index is 5.47. The van der Waals surface area contributed by atoms with E-state index < -0.39 is 0 Å². The van der Waals surface area contributed by atoms with E-state index in [-0.39, 0.29) is 0 Å². The highest BCUT2D eigenvalue weighted by Gasteiger charge is 2.18. The number of hydrogen-bond donors (Lipinski definition) is 0. The first-order valence-corrected chi connectivity index (χ1v) is 10.9. The topological polar surface area (TPSA) is 57.9 Å². The van der Waals surface area contributed by atoms with Gasteiger partial charge in [-0.3, -0.25) is 0 Å². The zero-order chi connectivity index (χ0) is 22.1. The smallest absolute Gasteiger partial charge is 0.213 e. The molecule has 2 aromatic heterocycles. The largest absolute Gasteiger partial charge is 0.493 e. The normalized spacial score (nSPS) is 11.0. The molecule has 2 heterocycles. The molecule has 0 atom stereocenters. The second-order valence-electron chi connectivity index (χ2n) is 7.11. The van der Waals surface area contributed by atoms with Crippen LogP contribution in [-0.2, 0) is 0 Å². The Morgan fingerprint density at radius 3 is 1.97 bits per heavy atom. The Morgan fingerprint density at radius 1 is 0.719 bits per heavy atom. The van der Waals surface area contributed by atoms with E-state index in [0.29, 0.717) is 23.1 Å². The Labute approximate surface area is 189 Å². The maximum Gasteiger partial charge on any atom is 0.213 e. The van der Waals surface area contributed by atoms with Crippen LogP contribution >= 0.6 is 11.3 Å². The summed E-state index contributed by atoms with van der Waals surface area (Å²) in [6.07, 6.45) is 0. The molecule has 0 radical (unpaired) electrons. The highest BCUT2D eigenvalue weighted by Crippen LogP contribution is 2.41. The highest BCUT2D eigenvalue weighted by molar-refractivity contribution is 7.15. The van der Waals surface area contributed by atoms with Gasteiger partial charge in [-0.1, -0.05) is 54.6 Å². The first kappa shape index (κ1) is 20.1. The zero-order valence-electron chi connectivity index (χ0n) is 17.9. The number of hydrogen-bond acceptors (Lipinski definition) is 6. The molecule has 0 bridgehead atoms. The first-order valence-electron chi connectivity index (χ1n) is 10.0. The minimum absolute atomic E-state index is 0.541. The maximum absolute atomic E-state index is 5.47. The summed E-state index contributed by atoms with van der Waals surface area (Å²) in [6.45, 7) is 0. The van der Waals surface area contributed by atoms with Crippen molar-refractivity contribution in [3.05, 3.63) is 72.1 Å². The SMILES string of the molecule is COc1cc(-c2nc3scc(-c4ccc(-c5ccccc5)cc4)n3n2)cc(OC)c1OC. The van der Waals surface area contributed by atoms with Gasteiger partial charge in [0.05, 0.1) is 27.0 Å². The number of methoxy groups -OCH3 is 3. The second-order valence-corrected chi connectivity index (χ2v) is 7.94. The minimum Gasteiger partial charge on any atom is -0.493 e. The summed E-state index contributed by atoms with van der Waals surface area (Å²) in [5.41, 5.74) is 5.24. The van der Waals surface area contributed by atoms with Crippen molar-refractivity contribution < 1.29 is 14.2 Å². The van der Waals surface area contributed by atoms with E-state index in [0.717, 1.165) is 21.8 Å². The molecule has 0 saturated heterocycles. The van der Waals surface area contributed by atoms with Crippen LogP contribution in [-0.4, -0.2) is 35.9 Å². The average Bonchev–Trinajstić information content (AvgIpc) is 3.45. The standard InChI is InChI=1S/C25H21N3O3S/c1-29-21-13-19(14-22(30-2)23(21)31-3)24-26-25-28(27-24)20(15-32-25)18-11-9-17(10-12-18)16-7-5-4-6-8-16/h4-15H,1-3H3. The van der Waals surface area contributed by atoms with E-state index in [2.05, 4.69) is 41.8 Å². The molecule has 32 heavy (non-hydrogen) atoms. The predicted molar refractivity (Wildman–Crippen MR) is 127 cm³/mol. The van der Waals surface area contributed by atoms with Crippen LogP contribution in [0.3, 0.4) is 0 Å². The van der Waals surface area contributed by atoms with Crippen molar-refractivity contribution in [2.75, 3.05) is 21.3 Å². The van der Waals surface area contributed by atoms with Gasteiger partial charge in [-0.2, -0.15) is 4.98 Å². The van der Waals surface area contributed by atoms with Crippen LogP contribution in [0.15, 0.2) is 72.1 Å². The van der Waals surface area contributed by atoms with Gasteiger partial charge < -0.3 is 14.2 Å². The Morgan fingerprint density at radius 2 is 1.34 bits per heavy atom.